The summed E-state index contributed by atoms with van der Waals surface area (Å²) in [5.41, 5.74) is 9.47. The van der Waals surface area contributed by atoms with Gasteiger partial charge in [-0.3, -0.25) is 0 Å². The first-order valence-corrected chi connectivity index (χ1v) is 10.6. The second-order valence-corrected chi connectivity index (χ2v) is 7.59. The minimum Gasteiger partial charge on any atom is -0.362 e. The van der Waals surface area contributed by atoms with Crippen LogP contribution in [0.15, 0.2) is 133 Å². The molecule has 1 nitrogen and oxygen atoms in total. The summed E-state index contributed by atoms with van der Waals surface area (Å²) in [4.78, 5) is 0. The smallest absolute Gasteiger partial charge is 0.0202 e. The van der Waals surface area contributed by atoms with Crippen LogP contribution in [0.2, 0.25) is 0 Å². The van der Waals surface area contributed by atoms with Gasteiger partial charge < -0.3 is 5.32 Å². The molecule has 0 saturated heterocycles. The van der Waals surface area contributed by atoms with Crippen LogP contribution in [0.25, 0.3) is 11.1 Å². The van der Waals surface area contributed by atoms with Gasteiger partial charge in [-0.1, -0.05) is 121 Å². The van der Waals surface area contributed by atoms with Crippen LogP contribution in [0.3, 0.4) is 0 Å². The molecule has 0 aliphatic rings. The molecule has 4 rings (SSSR count). The summed E-state index contributed by atoms with van der Waals surface area (Å²) in [6, 6.07) is 42.3. The van der Waals surface area contributed by atoms with Gasteiger partial charge in [0.1, 0.15) is 0 Å². The predicted octanol–water partition coefficient (Wildman–Crippen LogP) is 7.54. The van der Waals surface area contributed by atoms with E-state index >= 15 is 0 Å². The van der Waals surface area contributed by atoms with Crippen LogP contribution < -0.4 is 5.32 Å². The van der Waals surface area contributed by atoms with Gasteiger partial charge >= 0.3 is 0 Å². The molecule has 0 spiro atoms. The quantitative estimate of drug-likeness (QED) is 0.352. The first-order chi connectivity index (χ1) is 15.2. The van der Waals surface area contributed by atoms with Crippen LogP contribution in [0.1, 0.15) is 36.1 Å². The van der Waals surface area contributed by atoms with Crippen molar-refractivity contribution in [1.82, 2.24) is 5.32 Å². The summed E-state index contributed by atoms with van der Waals surface area (Å²) in [7, 11) is 0. The molecule has 1 N–H and O–H groups in total. The number of allylic oxidation sites excluding steroid dienone is 2. The van der Waals surface area contributed by atoms with Crippen LogP contribution in [0, 0.1) is 0 Å². The third-order valence-corrected chi connectivity index (χ3v) is 5.37. The third kappa shape index (κ3) is 4.84. The summed E-state index contributed by atoms with van der Waals surface area (Å²) in [5.74, 6) is 0. The molecule has 0 radical (unpaired) electrons. The lowest BCUT2D eigenvalue weighted by Gasteiger charge is -2.19. The van der Waals surface area contributed by atoms with Crippen LogP contribution in [0.5, 0.6) is 0 Å². The Morgan fingerprint density at radius 3 is 0.839 bits per heavy atom. The van der Waals surface area contributed by atoms with E-state index in [4.69, 9.17) is 0 Å². The number of hydrogen-bond donors (Lipinski definition) is 1. The van der Waals surface area contributed by atoms with E-state index in [0.717, 1.165) is 11.4 Å². The van der Waals surface area contributed by atoms with E-state index in [2.05, 4.69) is 140 Å². The SMILES string of the molecule is CC(NC(C)=C(c1ccccc1)c1ccccc1)=C(c1ccccc1)c1ccccc1. The molecular weight excluding hydrogens is 374 g/mol. The molecule has 4 aromatic rings. The van der Waals surface area contributed by atoms with Crippen molar-refractivity contribution in [2.24, 2.45) is 0 Å². The van der Waals surface area contributed by atoms with E-state index in [1.54, 1.807) is 0 Å². The molecular formula is C30H27N. The van der Waals surface area contributed by atoms with E-state index in [0.29, 0.717) is 0 Å². The molecule has 0 aliphatic heterocycles. The van der Waals surface area contributed by atoms with Crippen molar-refractivity contribution in [2.45, 2.75) is 13.8 Å². The Bertz CT molecular complexity index is 992. The fraction of sp³-hybridized carbons (Fsp3) is 0.0667. The van der Waals surface area contributed by atoms with Crippen LogP contribution in [-0.4, -0.2) is 0 Å². The van der Waals surface area contributed by atoms with Gasteiger partial charge in [0.05, 0.1) is 0 Å². The summed E-state index contributed by atoms with van der Waals surface area (Å²) in [5, 5.41) is 3.73. The molecule has 31 heavy (non-hydrogen) atoms. The molecule has 0 fully saturated rings. The summed E-state index contributed by atoms with van der Waals surface area (Å²) in [6.45, 7) is 4.32. The summed E-state index contributed by atoms with van der Waals surface area (Å²) < 4.78 is 0. The zero-order valence-corrected chi connectivity index (χ0v) is 18.0. The average Bonchev–Trinajstić information content (AvgIpc) is 2.82. The van der Waals surface area contributed by atoms with Crippen molar-refractivity contribution in [1.29, 1.82) is 0 Å². The molecule has 0 unspecified atom stereocenters. The van der Waals surface area contributed by atoms with Gasteiger partial charge in [0, 0.05) is 22.5 Å². The number of hydrogen-bond acceptors (Lipinski definition) is 1. The van der Waals surface area contributed by atoms with Gasteiger partial charge in [-0.25, -0.2) is 0 Å². The maximum atomic E-state index is 3.73. The summed E-state index contributed by atoms with van der Waals surface area (Å²) in [6.07, 6.45) is 0. The zero-order valence-electron chi connectivity index (χ0n) is 18.0. The lowest BCUT2D eigenvalue weighted by molar-refractivity contribution is 0.974. The van der Waals surface area contributed by atoms with Crippen LogP contribution >= 0.6 is 0 Å². The molecule has 0 bridgehead atoms. The molecule has 0 heterocycles. The molecule has 0 aliphatic carbocycles. The standard InChI is InChI=1S/C30H27N/c1-23(29(25-15-7-3-8-16-25)26-17-9-4-10-18-26)31-24(2)30(27-19-11-5-12-20-27)28-21-13-6-14-22-28/h3-22,31H,1-2H3. The summed E-state index contributed by atoms with van der Waals surface area (Å²) >= 11 is 0. The second-order valence-electron chi connectivity index (χ2n) is 7.59. The molecule has 0 saturated carbocycles. The maximum Gasteiger partial charge on any atom is 0.0202 e. The first kappa shape index (κ1) is 20.4. The average molecular weight is 402 g/mol. The topological polar surface area (TPSA) is 12.0 Å². The Hall–Kier alpha value is -3.84. The highest BCUT2D eigenvalue weighted by atomic mass is 14.9. The monoisotopic (exact) mass is 401 g/mol. The van der Waals surface area contributed by atoms with Crippen molar-refractivity contribution in [2.75, 3.05) is 0 Å². The Kier molecular flexibility index (Phi) is 6.44. The van der Waals surface area contributed by atoms with E-state index in [-0.39, 0.29) is 0 Å². The van der Waals surface area contributed by atoms with Crippen LogP contribution in [0.4, 0.5) is 0 Å². The fourth-order valence-corrected chi connectivity index (χ4v) is 4.02. The lowest BCUT2D eigenvalue weighted by Crippen LogP contribution is -2.13. The highest BCUT2D eigenvalue weighted by Gasteiger charge is 2.12. The van der Waals surface area contributed by atoms with Crippen molar-refractivity contribution in [3.63, 3.8) is 0 Å². The van der Waals surface area contributed by atoms with Gasteiger partial charge in [0.25, 0.3) is 0 Å². The molecule has 0 atom stereocenters. The molecule has 0 aromatic heterocycles. The van der Waals surface area contributed by atoms with Gasteiger partial charge in [0.2, 0.25) is 0 Å². The molecule has 0 amide bonds. The van der Waals surface area contributed by atoms with E-state index in [1.807, 2.05) is 0 Å². The van der Waals surface area contributed by atoms with Crippen LogP contribution in [-0.2, 0) is 0 Å². The first-order valence-electron chi connectivity index (χ1n) is 10.6. The van der Waals surface area contributed by atoms with Crippen molar-refractivity contribution in [3.8, 4) is 0 Å². The minimum absolute atomic E-state index is 1.12. The third-order valence-electron chi connectivity index (χ3n) is 5.37. The highest BCUT2D eigenvalue weighted by Crippen LogP contribution is 2.29. The van der Waals surface area contributed by atoms with E-state index in [1.165, 1.54) is 33.4 Å². The number of benzene rings is 4. The number of nitrogens with one attached hydrogen (secondary N) is 1. The molecule has 4 aromatic carbocycles. The van der Waals surface area contributed by atoms with E-state index in [9.17, 15) is 0 Å². The number of rotatable bonds is 6. The van der Waals surface area contributed by atoms with Crippen molar-refractivity contribution < 1.29 is 0 Å². The Morgan fingerprint density at radius 1 is 0.387 bits per heavy atom. The van der Waals surface area contributed by atoms with Gasteiger partial charge in [-0.15, -0.1) is 0 Å². The van der Waals surface area contributed by atoms with E-state index < -0.39 is 0 Å². The maximum absolute atomic E-state index is 3.73. The molecule has 1 heteroatoms. The van der Waals surface area contributed by atoms with Gasteiger partial charge in [0.15, 0.2) is 0 Å². The van der Waals surface area contributed by atoms with Crippen molar-refractivity contribution in [3.05, 3.63) is 155 Å². The highest BCUT2D eigenvalue weighted by molar-refractivity contribution is 5.84. The van der Waals surface area contributed by atoms with Crippen molar-refractivity contribution >= 4 is 11.1 Å². The Labute approximate surface area is 185 Å². The minimum atomic E-state index is 1.12. The molecule has 152 valence electrons. The largest absolute Gasteiger partial charge is 0.362 e. The fourth-order valence-electron chi connectivity index (χ4n) is 4.02. The second kappa shape index (κ2) is 9.77. The predicted molar refractivity (Wildman–Crippen MR) is 132 cm³/mol. The normalized spacial score (nSPS) is 10.3. The van der Waals surface area contributed by atoms with Gasteiger partial charge in [-0.2, -0.15) is 0 Å². The Balaban J connectivity index is 1.85. The lowest BCUT2D eigenvalue weighted by atomic mass is 9.94. The van der Waals surface area contributed by atoms with Gasteiger partial charge in [-0.05, 0) is 36.1 Å². The zero-order chi connectivity index (χ0) is 21.5. The Morgan fingerprint density at radius 2 is 0.613 bits per heavy atom.